The van der Waals surface area contributed by atoms with E-state index in [4.69, 9.17) is 4.74 Å². The molecule has 0 radical (unpaired) electrons. The molecule has 0 saturated carbocycles. The zero-order valence-electron chi connectivity index (χ0n) is 17.8. The lowest BCUT2D eigenvalue weighted by molar-refractivity contribution is 0.0954. The van der Waals surface area contributed by atoms with Gasteiger partial charge in [-0.25, -0.2) is 8.42 Å². The van der Waals surface area contributed by atoms with Crippen LogP contribution in [0.5, 0.6) is 5.75 Å². The molecule has 2 aromatic carbocycles. The van der Waals surface area contributed by atoms with Gasteiger partial charge in [0.1, 0.15) is 5.75 Å². The first kappa shape index (κ1) is 22.3. The number of ether oxygens (including phenoxy) is 1. The monoisotopic (exact) mass is 430 g/mol. The summed E-state index contributed by atoms with van der Waals surface area (Å²) in [6.07, 6.45) is 1.65. The molecule has 2 unspecified atom stereocenters. The predicted molar refractivity (Wildman–Crippen MR) is 117 cm³/mol. The van der Waals surface area contributed by atoms with Gasteiger partial charge in [-0.15, -0.1) is 0 Å². The molecule has 2 aromatic rings. The third-order valence-electron chi connectivity index (χ3n) is 5.44. The highest BCUT2D eigenvalue weighted by atomic mass is 32.2. The molecule has 1 amide bonds. The number of hydrogen-bond acceptors (Lipinski definition) is 4. The fraction of sp³-hybridized carbons (Fsp3) is 0.435. The maximum absolute atomic E-state index is 13.1. The summed E-state index contributed by atoms with van der Waals surface area (Å²) in [5, 5.41) is 2.87. The number of carbonyl (C=O) groups excluding carboxylic acids is 1. The minimum atomic E-state index is -3.62. The molecule has 1 heterocycles. The lowest BCUT2D eigenvalue weighted by Gasteiger charge is -2.34. The summed E-state index contributed by atoms with van der Waals surface area (Å²) in [6, 6.07) is 14.0. The molecule has 1 saturated heterocycles. The second kappa shape index (κ2) is 9.62. The van der Waals surface area contributed by atoms with Gasteiger partial charge in [0.05, 0.1) is 12.0 Å². The maximum Gasteiger partial charge on any atom is 0.251 e. The maximum atomic E-state index is 13.1. The quantitative estimate of drug-likeness (QED) is 0.731. The fourth-order valence-electron chi connectivity index (χ4n) is 4.07. The molecule has 7 heteroatoms. The summed E-state index contributed by atoms with van der Waals surface area (Å²) < 4.78 is 33.1. The first-order chi connectivity index (χ1) is 14.3. The number of nitrogens with one attached hydrogen (secondary N) is 1. The number of carbonyl (C=O) groups is 1. The summed E-state index contributed by atoms with van der Waals surface area (Å²) in [7, 11) is -2.00. The van der Waals surface area contributed by atoms with Crippen LogP contribution in [0.1, 0.15) is 36.2 Å². The second-order valence-electron chi connectivity index (χ2n) is 8.11. The van der Waals surface area contributed by atoms with Crippen molar-refractivity contribution in [2.45, 2.75) is 31.6 Å². The van der Waals surface area contributed by atoms with E-state index in [1.54, 1.807) is 29.6 Å². The van der Waals surface area contributed by atoms with Crippen LogP contribution in [0.3, 0.4) is 0 Å². The molecule has 6 nitrogen and oxygen atoms in total. The van der Waals surface area contributed by atoms with Crippen molar-refractivity contribution in [3.8, 4) is 5.75 Å². The molecule has 3 rings (SSSR count). The summed E-state index contributed by atoms with van der Waals surface area (Å²) in [4.78, 5) is 12.8. The van der Waals surface area contributed by atoms with E-state index in [0.29, 0.717) is 43.5 Å². The van der Waals surface area contributed by atoms with Crippen molar-refractivity contribution in [1.29, 1.82) is 0 Å². The van der Waals surface area contributed by atoms with Crippen molar-refractivity contribution < 1.29 is 17.9 Å². The van der Waals surface area contributed by atoms with E-state index in [0.717, 1.165) is 17.7 Å². The van der Waals surface area contributed by atoms with E-state index in [1.165, 1.54) is 6.07 Å². The predicted octanol–water partition coefficient (Wildman–Crippen LogP) is 3.33. The Bertz CT molecular complexity index is 980. The summed E-state index contributed by atoms with van der Waals surface area (Å²) >= 11 is 0. The third-order valence-corrected chi connectivity index (χ3v) is 7.27. The Morgan fingerprint density at radius 1 is 1.10 bits per heavy atom. The topological polar surface area (TPSA) is 75.7 Å². The van der Waals surface area contributed by atoms with Crippen LogP contribution in [0.25, 0.3) is 0 Å². The highest BCUT2D eigenvalue weighted by Crippen LogP contribution is 2.27. The van der Waals surface area contributed by atoms with Crippen LogP contribution in [0.4, 0.5) is 0 Å². The van der Waals surface area contributed by atoms with Crippen molar-refractivity contribution in [3.63, 3.8) is 0 Å². The molecular formula is C23H30N2O4S. The van der Waals surface area contributed by atoms with Gasteiger partial charge < -0.3 is 10.1 Å². The number of benzene rings is 2. The number of sulfonamides is 1. The Kier molecular flexibility index (Phi) is 7.15. The Labute approximate surface area is 179 Å². The average Bonchev–Trinajstić information content (AvgIpc) is 2.73. The molecule has 0 aliphatic carbocycles. The highest BCUT2D eigenvalue weighted by molar-refractivity contribution is 7.89. The van der Waals surface area contributed by atoms with E-state index in [2.05, 4.69) is 19.2 Å². The van der Waals surface area contributed by atoms with Crippen LogP contribution in [-0.2, 0) is 16.4 Å². The second-order valence-corrected chi connectivity index (χ2v) is 10.1. The van der Waals surface area contributed by atoms with Crippen molar-refractivity contribution in [2.75, 3.05) is 26.7 Å². The highest BCUT2D eigenvalue weighted by Gasteiger charge is 2.31. The minimum Gasteiger partial charge on any atom is -0.496 e. The molecule has 1 aliphatic rings. The minimum absolute atomic E-state index is 0.168. The zero-order chi connectivity index (χ0) is 21.7. The van der Waals surface area contributed by atoms with Gasteiger partial charge in [0, 0.05) is 25.2 Å². The van der Waals surface area contributed by atoms with Gasteiger partial charge in [-0.3, -0.25) is 4.79 Å². The molecule has 0 aromatic heterocycles. The van der Waals surface area contributed by atoms with Gasteiger partial charge in [-0.2, -0.15) is 4.31 Å². The van der Waals surface area contributed by atoms with Gasteiger partial charge in [0.2, 0.25) is 10.0 Å². The zero-order valence-corrected chi connectivity index (χ0v) is 18.6. The van der Waals surface area contributed by atoms with Crippen molar-refractivity contribution in [2.24, 2.45) is 11.8 Å². The summed E-state index contributed by atoms with van der Waals surface area (Å²) in [6.45, 7) is 5.61. The average molecular weight is 431 g/mol. The van der Waals surface area contributed by atoms with Gasteiger partial charge >= 0.3 is 0 Å². The Morgan fingerprint density at radius 3 is 2.50 bits per heavy atom. The number of para-hydroxylation sites is 1. The standard InChI is InChI=1S/C23H30N2O4S/c1-17-13-18(2)16-25(15-17)30(27,28)21-9-6-8-20(14-21)23(26)24-12-11-19-7-4-5-10-22(19)29-3/h4-10,14,17-18H,11-13,15-16H2,1-3H3,(H,24,26). The first-order valence-corrected chi connectivity index (χ1v) is 11.8. The van der Waals surface area contributed by atoms with Gasteiger partial charge in [0.25, 0.3) is 5.91 Å². The van der Waals surface area contributed by atoms with Gasteiger partial charge in [-0.1, -0.05) is 38.1 Å². The fourth-order valence-corrected chi connectivity index (χ4v) is 5.80. The lowest BCUT2D eigenvalue weighted by atomic mass is 9.94. The SMILES string of the molecule is COc1ccccc1CCNC(=O)c1cccc(S(=O)(=O)N2CC(C)CC(C)C2)c1. The molecular weight excluding hydrogens is 400 g/mol. The van der Waals surface area contributed by atoms with Crippen molar-refractivity contribution >= 4 is 15.9 Å². The number of rotatable bonds is 7. The van der Waals surface area contributed by atoms with Crippen LogP contribution in [0, 0.1) is 11.8 Å². The van der Waals surface area contributed by atoms with Crippen LogP contribution in [-0.4, -0.2) is 45.4 Å². The Morgan fingerprint density at radius 2 is 1.80 bits per heavy atom. The van der Waals surface area contributed by atoms with Crippen molar-refractivity contribution in [3.05, 3.63) is 59.7 Å². The number of methoxy groups -OCH3 is 1. The normalized spacial score (nSPS) is 20.0. The van der Waals surface area contributed by atoms with E-state index >= 15 is 0 Å². The Hall–Kier alpha value is -2.38. The molecule has 2 atom stereocenters. The molecule has 30 heavy (non-hydrogen) atoms. The van der Waals surface area contributed by atoms with Crippen LogP contribution in [0.2, 0.25) is 0 Å². The summed E-state index contributed by atoms with van der Waals surface area (Å²) in [5.74, 6) is 1.14. The Balaban J connectivity index is 1.67. The molecule has 0 bridgehead atoms. The van der Waals surface area contributed by atoms with Crippen molar-refractivity contribution in [1.82, 2.24) is 9.62 Å². The largest absolute Gasteiger partial charge is 0.496 e. The number of hydrogen-bond donors (Lipinski definition) is 1. The number of piperidine rings is 1. The molecule has 1 aliphatic heterocycles. The van der Waals surface area contributed by atoms with Gasteiger partial charge in [0.15, 0.2) is 0 Å². The molecule has 162 valence electrons. The van der Waals surface area contributed by atoms with E-state index in [-0.39, 0.29) is 10.8 Å². The van der Waals surface area contributed by atoms with Crippen LogP contribution < -0.4 is 10.1 Å². The van der Waals surface area contributed by atoms with Gasteiger partial charge in [-0.05, 0) is 54.5 Å². The molecule has 1 fully saturated rings. The van der Waals surface area contributed by atoms with E-state index in [1.807, 2.05) is 24.3 Å². The van der Waals surface area contributed by atoms with E-state index in [9.17, 15) is 13.2 Å². The number of nitrogens with zero attached hydrogens (tertiary/aromatic N) is 1. The van der Waals surface area contributed by atoms with Crippen LogP contribution >= 0.6 is 0 Å². The number of amides is 1. The van der Waals surface area contributed by atoms with Crippen LogP contribution in [0.15, 0.2) is 53.4 Å². The van der Waals surface area contributed by atoms with E-state index < -0.39 is 10.0 Å². The first-order valence-electron chi connectivity index (χ1n) is 10.3. The molecule has 0 spiro atoms. The third kappa shape index (κ3) is 5.21. The lowest BCUT2D eigenvalue weighted by Crippen LogP contribution is -2.42. The smallest absolute Gasteiger partial charge is 0.251 e. The summed E-state index contributed by atoms with van der Waals surface area (Å²) in [5.41, 5.74) is 1.35. The molecule has 1 N–H and O–H groups in total.